The highest BCUT2D eigenvalue weighted by Crippen LogP contribution is 2.23. The standard InChI is InChI=1S/C16H23N3O3S/c1-14(20)17-8-4-9-18(12-11-17)23(21,22)19-10-7-15-5-2-3-6-16(15)13-19/h2-3,5-6H,4,7-13H2,1H3. The van der Waals surface area contributed by atoms with Gasteiger partial charge >= 0.3 is 0 Å². The van der Waals surface area contributed by atoms with Crippen molar-refractivity contribution in [2.75, 3.05) is 32.7 Å². The van der Waals surface area contributed by atoms with Gasteiger partial charge in [0.1, 0.15) is 0 Å². The first-order valence-corrected chi connectivity index (χ1v) is 9.45. The van der Waals surface area contributed by atoms with Gasteiger partial charge in [0.05, 0.1) is 0 Å². The Morgan fingerprint density at radius 2 is 1.70 bits per heavy atom. The molecule has 1 aromatic rings. The minimum absolute atomic E-state index is 0.0103. The van der Waals surface area contributed by atoms with Crippen LogP contribution < -0.4 is 0 Å². The van der Waals surface area contributed by atoms with Gasteiger partial charge in [0, 0.05) is 46.2 Å². The maximum Gasteiger partial charge on any atom is 0.282 e. The van der Waals surface area contributed by atoms with Gasteiger partial charge in [-0.05, 0) is 24.0 Å². The predicted octanol–water partition coefficient (Wildman–Crippen LogP) is 0.844. The quantitative estimate of drug-likeness (QED) is 0.804. The van der Waals surface area contributed by atoms with Crippen molar-refractivity contribution < 1.29 is 13.2 Å². The Morgan fingerprint density at radius 1 is 0.957 bits per heavy atom. The third-order valence-electron chi connectivity index (χ3n) is 4.65. The largest absolute Gasteiger partial charge is 0.342 e. The molecule has 0 aromatic heterocycles. The SMILES string of the molecule is CC(=O)N1CCCN(S(=O)(=O)N2CCc3ccccc3C2)CC1. The summed E-state index contributed by atoms with van der Waals surface area (Å²) in [6.45, 7) is 4.44. The number of carbonyl (C=O) groups is 1. The van der Waals surface area contributed by atoms with Crippen LogP contribution in [0.4, 0.5) is 0 Å². The first-order valence-electron chi connectivity index (χ1n) is 8.06. The molecule has 0 spiro atoms. The molecule has 0 atom stereocenters. The molecule has 0 aliphatic carbocycles. The van der Waals surface area contributed by atoms with Gasteiger partial charge in [0.2, 0.25) is 5.91 Å². The number of rotatable bonds is 2. The van der Waals surface area contributed by atoms with Gasteiger partial charge < -0.3 is 4.90 Å². The van der Waals surface area contributed by atoms with Crippen LogP contribution in [0.3, 0.4) is 0 Å². The molecule has 2 aliphatic heterocycles. The number of nitrogens with zero attached hydrogens (tertiary/aromatic N) is 3. The topological polar surface area (TPSA) is 60.9 Å². The number of carbonyl (C=O) groups excluding carboxylic acids is 1. The van der Waals surface area contributed by atoms with Crippen LogP contribution in [-0.2, 0) is 28.0 Å². The van der Waals surface area contributed by atoms with Gasteiger partial charge in [0.25, 0.3) is 10.2 Å². The molecule has 0 bridgehead atoms. The zero-order chi connectivity index (χ0) is 16.4. The highest BCUT2D eigenvalue weighted by atomic mass is 32.2. The molecular formula is C16H23N3O3S. The number of hydrogen-bond acceptors (Lipinski definition) is 3. The fourth-order valence-corrected chi connectivity index (χ4v) is 4.89. The van der Waals surface area contributed by atoms with E-state index < -0.39 is 10.2 Å². The van der Waals surface area contributed by atoms with Crippen molar-refractivity contribution in [3.63, 3.8) is 0 Å². The van der Waals surface area contributed by atoms with Gasteiger partial charge in [-0.1, -0.05) is 24.3 Å². The van der Waals surface area contributed by atoms with Gasteiger partial charge in [0.15, 0.2) is 0 Å². The van der Waals surface area contributed by atoms with Crippen molar-refractivity contribution in [2.45, 2.75) is 26.3 Å². The summed E-state index contributed by atoms with van der Waals surface area (Å²) in [6, 6.07) is 8.01. The summed E-state index contributed by atoms with van der Waals surface area (Å²) in [6.07, 6.45) is 1.44. The lowest BCUT2D eigenvalue weighted by Gasteiger charge is -2.32. The Balaban J connectivity index is 1.73. The van der Waals surface area contributed by atoms with Crippen molar-refractivity contribution in [2.24, 2.45) is 0 Å². The molecule has 2 heterocycles. The van der Waals surface area contributed by atoms with E-state index in [0.29, 0.717) is 45.7 Å². The molecule has 0 unspecified atom stereocenters. The van der Waals surface area contributed by atoms with E-state index in [1.54, 1.807) is 9.21 Å². The van der Waals surface area contributed by atoms with E-state index in [4.69, 9.17) is 0 Å². The van der Waals surface area contributed by atoms with Crippen molar-refractivity contribution in [3.05, 3.63) is 35.4 Å². The van der Waals surface area contributed by atoms with Crippen LogP contribution >= 0.6 is 0 Å². The van der Waals surface area contributed by atoms with Crippen LogP contribution in [0.25, 0.3) is 0 Å². The predicted molar refractivity (Wildman–Crippen MR) is 87.9 cm³/mol. The molecule has 3 rings (SSSR count). The van der Waals surface area contributed by atoms with Gasteiger partial charge in [-0.25, -0.2) is 0 Å². The van der Waals surface area contributed by atoms with E-state index in [9.17, 15) is 13.2 Å². The van der Waals surface area contributed by atoms with Crippen LogP contribution in [0.1, 0.15) is 24.5 Å². The summed E-state index contributed by atoms with van der Waals surface area (Å²) in [4.78, 5) is 13.2. The van der Waals surface area contributed by atoms with Crippen molar-refractivity contribution >= 4 is 16.1 Å². The molecule has 0 saturated carbocycles. The number of fused-ring (bicyclic) bond motifs is 1. The molecule has 6 nitrogen and oxygen atoms in total. The molecule has 0 radical (unpaired) electrons. The van der Waals surface area contributed by atoms with Gasteiger partial charge in [-0.2, -0.15) is 17.0 Å². The first kappa shape index (κ1) is 16.4. The van der Waals surface area contributed by atoms with E-state index in [2.05, 4.69) is 6.07 Å². The fraction of sp³-hybridized carbons (Fsp3) is 0.562. The average Bonchev–Trinajstić information content (AvgIpc) is 2.81. The lowest BCUT2D eigenvalue weighted by atomic mass is 10.0. The van der Waals surface area contributed by atoms with Crippen molar-refractivity contribution in [1.82, 2.24) is 13.5 Å². The molecule has 23 heavy (non-hydrogen) atoms. The maximum absolute atomic E-state index is 12.9. The summed E-state index contributed by atoms with van der Waals surface area (Å²) in [5, 5.41) is 0. The Kier molecular flexibility index (Phi) is 4.70. The molecule has 1 fully saturated rings. The first-order chi connectivity index (χ1) is 11.0. The second kappa shape index (κ2) is 6.59. The lowest BCUT2D eigenvalue weighted by Crippen LogP contribution is -2.47. The van der Waals surface area contributed by atoms with Crippen LogP contribution in [0, 0.1) is 0 Å². The Hall–Kier alpha value is -1.44. The third-order valence-corrected chi connectivity index (χ3v) is 6.63. The summed E-state index contributed by atoms with van der Waals surface area (Å²) in [5.41, 5.74) is 2.32. The Labute approximate surface area is 137 Å². The van der Waals surface area contributed by atoms with E-state index in [-0.39, 0.29) is 5.91 Å². The second-order valence-corrected chi connectivity index (χ2v) is 8.05. The lowest BCUT2D eigenvalue weighted by molar-refractivity contribution is -0.128. The number of amides is 1. The summed E-state index contributed by atoms with van der Waals surface area (Å²) in [5.74, 6) is 0.0103. The normalized spacial score (nSPS) is 20.8. The van der Waals surface area contributed by atoms with Crippen molar-refractivity contribution in [3.8, 4) is 0 Å². The van der Waals surface area contributed by atoms with E-state index in [1.165, 1.54) is 16.8 Å². The molecule has 1 saturated heterocycles. The van der Waals surface area contributed by atoms with Crippen LogP contribution in [-0.4, -0.2) is 60.6 Å². The summed E-state index contributed by atoms with van der Waals surface area (Å²) >= 11 is 0. The maximum atomic E-state index is 12.9. The highest BCUT2D eigenvalue weighted by Gasteiger charge is 2.33. The smallest absolute Gasteiger partial charge is 0.282 e. The second-order valence-electron chi connectivity index (χ2n) is 6.12. The molecular weight excluding hydrogens is 314 g/mol. The Morgan fingerprint density at radius 3 is 2.43 bits per heavy atom. The van der Waals surface area contributed by atoms with E-state index >= 15 is 0 Å². The fourth-order valence-electron chi connectivity index (χ4n) is 3.27. The molecule has 126 valence electrons. The summed E-state index contributed by atoms with van der Waals surface area (Å²) < 4.78 is 29.0. The minimum Gasteiger partial charge on any atom is -0.342 e. The van der Waals surface area contributed by atoms with E-state index in [0.717, 1.165) is 12.0 Å². The van der Waals surface area contributed by atoms with Gasteiger partial charge in [-0.15, -0.1) is 0 Å². The van der Waals surface area contributed by atoms with Crippen molar-refractivity contribution in [1.29, 1.82) is 0 Å². The molecule has 7 heteroatoms. The zero-order valence-electron chi connectivity index (χ0n) is 13.4. The van der Waals surface area contributed by atoms with Crippen LogP contribution in [0.15, 0.2) is 24.3 Å². The number of hydrogen-bond donors (Lipinski definition) is 0. The molecule has 1 aromatic carbocycles. The zero-order valence-corrected chi connectivity index (χ0v) is 14.3. The molecule has 0 N–H and O–H groups in total. The highest BCUT2D eigenvalue weighted by molar-refractivity contribution is 7.86. The number of benzene rings is 1. The molecule has 1 amide bonds. The van der Waals surface area contributed by atoms with Crippen LogP contribution in [0.5, 0.6) is 0 Å². The third kappa shape index (κ3) is 3.41. The molecule has 2 aliphatic rings. The Bertz CT molecular complexity index is 690. The van der Waals surface area contributed by atoms with Gasteiger partial charge in [-0.3, -0.25) is 4.79 Å². The van der Waals surface area contributed by atoms with E-state index in [1.807, 2.05) is 18.2 Å². The minimum atomic E-state index is -3.47. The average molecular weight is 337 g/mol. The summed E-state index contributed by atoms with van der Waals surface area (Å²) in [7, 11) is -3.47. The van der Waals surface area contributed by atoms with Crippen LogP contribution in [0.2, 0.25) is 0 Å². The monoisotopic (exact) mass is 337 g/mol.